The lowest BCUT2D eigenvalue weighted by atomic mass is 9.94. The summed E-state index contributed by atoms with van der Waals surface area (Å²) >= 11 is 0. The fourth-order valence-corrected chi connectivity index (χ4v) is 4.82. The van der Waals surface area contributed by atoms with Gasteiger partial charge in [0.1, 0.15) is 5.82 Å². The molecule has 1 aromatic heterocycles. The van der Waals surface area contributed by atoms with E-state index in [0.29, 0.717) is 39.1 Å². The van der Waals surface area contributed by atoms with E-state index in [1.807, 2.05) is 19.9 Å². The zero-order valence-corrected chi connectivity index (χ0v) is 25.6. The summed E-state index contributed by atoms with van der Waals surface area (Å²) in [5, 5.41) is 8.08. The van der Waals surface area contributed by atoms with E-state index < -0.39 is 23.3 Å². The van der Waals surface area contributed by atoms with Crippen LogP contribution in [0.1, 0.15) is 69.7 Å². The van der Waals surface area contributed by atoms with E-state index in [2.05, 4.69) is 20.9 Å². The van der Waals surface area contributed by atoms with Gasteiger partial charge in [0.2, 0.25) is 5.91 Å². The van der Waals surface area contributed by atoms with Crippen molar-refractivity contribution >= 4 is 23.4 Å². The van der Waals surface area contributed by atoms with Crippen molar-refractivity contribution in [2.24, 2.45) is 0 Å². The van der Waals surface area contributed by atoms with Gasteiger partial charge in [0, 0.05) is 29.3 Å². The number of halogens is 1. The number of hydrogen-bond donors (Lipinski definition) is 3. The number of benzene rings is 3. The van der Waals surface area contributed by atoms with Crippen LogP contribution in [0.2, 0.25) is 0 Å². The van der Waals surface area contributed by atoms with Crippen molar-refractivity contribution in [2.45, 2.75) is 46.2 Å². The largest absolute Gasteiger partial charge is 0.355 e. The second kappa shape index (κ2) is 13.6. The summed E-state index contributed by atoms with van der Waals surface area (Å²) in [4.78, 5) is 56.9. The van der Waals surface area contributed by atoms with Crippen molar-refractivity contribution in [3.05, 3.63) is 116 Å². The molecule has 4 aromatic rings. The molecule has 1 heterocycles. The first-order valence-electron chi connectivity index (χ1n) is 14.3. The van der Waals surface area contributed by atoms with Gasteiger partial charge in [0.15, 0.2) is 11.6 Å². The number of carbonyl (C=O) groups excluding carboxylic acids is 3. The predicted octanol–water partition coefficient (Wildman–Crippen LogP) is 4.67. The molecular weight excluding hydrogens is 561 g/mol. The van der Waals surface area contributed by atoms with E-state index in [1.165, 1.54) is 35.0 Å². The summed E-state index contributed by atoms with van der Waals surface area (Å²) in [7, 11) is 3.18. The number of nitrogens with zero attached hydrogens (tertiary/aromatic N) is 2. The Morgan fingerprint density at radius 3 is 2.30 bits per heavy atom. The van der Waals surface area contributed by atoms with Crippen molar-refractivity contribution in [3.8, 4) is 11.3 Å². The number of nitrogens with one attached hydrogen (secondary N) is 3. The molecule has 0 unspecified atom stereocenters. The highest BCUT2D eigenvalue weighted by Gasteiger charge is 2.21. The van der Waals surface area contributed by atoms with Gasteiger partial charge in [-0.25, -0.2) is 9.37 Å². The highest BCUT2D eigenvalue weighted by Crippen LogP contribution is 2.27. The van der Waals surface area contributed by atoms with Gasteiger partial charge in [0.05, 0.1) is 24.5 Å². The molecule has 228 valence electrons. The summed E-state index contributed by atoms with van der Waals surface area (Å²) in [6.07, 6.45) is 1.49. The Morgan fingerprint density at radius 2 is 1.66 bits per heavy atom. The molecule has 0 spiro atoms. The molecule has 2 amide bonds. The fourth-order valence-electron chi connectivity index (χ4n) is 4.82. The van der Waals surface area contributed by atoms with Gasteiger partial charge in [-0.3, -0.25) is 23.7 Å². The van der Waals surface area contributed by atoms with Crippen molar-refractivity contribution in [3.63, 3.8) is 0 Å². The molecule has 0 aliphatic heterocycles. The summed E-state index contributed by atoms with van der Waals surface area (Å²) in [6.45, 7) is 7.48. The molecule has 0 bridgehead atoms. The number of rotatable bonds is 10. The molecule has 4 rings (SSSR count). The first-order valence-corrected chi connectivity index (χ1v) is 14.3. The van der Waals surface area contributed by atoms with Crippen molar-refractivity contribution in [1.29, 1.82) is 0 Å². The second-order valence-corrected chi connectivity index (χ2v) is 10.9. The first-order chi connectivity index (χ1) is 20.9. The van der Waals surface area contributed by atoms with Crippen molar-refractivity contribution < 1.29 is 18.8 Å². The number of anilines is 1. The van der Waals surface area contributed by atoms with Crippen LogP contribution in [0.25, 0.3) is 11.3 Å². The van der Waals surface area contributed by atoms with Gasteiger partial charge in [0.25, 0.3) is 11.5 Å². The van der Waals surface area contributed by atoms with Crippen molar-refractivity contribution in [1.82, 2.24) is 20.2 Å². The lowest BCUT2D eigenvalue weighted by Gasteiger charge is -2.19. The third-order valence-electron chi connectivity index (χ3n) is 7.59. The third kappa shape index (κ3) is 6.81. The molecule has 44 heavy (non-hydrogen) atoms. The Bertz CT molecular complexity index is 1780. The predicted molar refractivity (Wildman–Crippen MR) is 169 cm³/mol. The SMILES string of the molecule is CNC(=O)c1cccc(-c2cnc(NC(=O)[C@H](C)NC)c(=O)n2Cc2cc(C(=O)c3ccc(F)cc3)cc(C(C)C)c2)c1C. The number of likely N-dealkylation sites (N-methyl/N-ethyl adjacent to an activating group) is 1. The zero-order chi connectivity index (χ0) is 32.1. The monoisotopic (exact) mass is 597 g/mol. The maximum atomic E-state index is 14.0. The van der Waals surface area contributed by atoms with Gasteiger partial charge < -0.3 is 16.0 Å². The molecule has 3 N–H and O–H groups in total. The Morgan fingerprint density at radius 1 is 0.955 bits per heavy atom. The topological polar surface area (TPSA) is 122 Å². The number of hydrogen-bond acceptors (Lipinski definition) is 6. The Balaban J connectivity index is 1.90. The van der Waals surface area contributed by atoms with Crippen LogP contribution in [0.5, 0.6) is 0 Å². The summed E-state index contributed by atoms with van der Waals surface area (Å²) in [5.74, 6) is -1.51. The van der Waals surface area contributed by atoms with E-state index >= 15 is 0 Å². The normalized spacial score (nSPS) is 11.7. The van der Waals surface area contributed by atoms with Crippen LogP contribution in [-0.2, 0) is 11.3 Å². The summed E-state index contributed by atoms with van der Waals surface area (Å²) < 4.78 is 15.0. The highest BCUT2D eigenvalue weighted by atomic mass is 19.1. The number of aromatic nitrogens is 2. The van der Waals surface area contributed by atoms with E-state index in [-0.39, 0.29) is 30.0 Å². The molecular formula is C34H36FN5O4. The molecule has 10 heteroatoms. The molecule has 0 fully saturated rings. The van der Waals surface area contributed by atoms with Crippen LogP contribution >= 0.6 is 0 Å². The van der Waals surface area contributed by atoms with Crippen LogP contribution in [0.4, 0.5) is 10.2 Å². The van der Waals surface area contributed by atoms with Gasteiger partial charge in [-0.1, -0.05) is 32.0 Å². The molecule has 9 nitrogen and oxygen atoms in total. The van der Waals surface area contributed by atoms with Gasteiger partial charge >= 0.3 is 0 Å². The summed E-state index contributed by atoms with van der Waals surface area (Å²) in [6, 6.07) is 15.4. The quantitative estimate of drug-likeness (QED) is 0.229. The van der Waals surface area contributed by atoms with Crippen LogP contribution in [-0.4, -0.2) is 47.3 Å². The molecule has 0 saturated carbocycles. The van der Waals surface area contributed by atoms with E-state index in [9.17, 15) is 23.6 Å². The number of carbonyl (C=O) groups is 3. The van der Waals surface area contributed by atoms with Crippen molar-refractivity contribution in [2.75, 3.05) is 19.4 Å². The minimum Gasteiger partial charge on any atom is -0.355 e. The maximum Gasteiger partial charge on any atom is 0.294 e. The summed E-state index contributed by atoms with van der Waals surface area (Å²) in [5.41, 5.74) is 3.86. The number of ketones is 1. The molecule has 0 aliphatic carbocycles. The molecule has 0 radical (unpaired) electrons. The fraction of sp³-hybridized carbons (Fsp3) is 0.265. The molecule has 0 saturated heterocycles. The minimum atomic E-state index is -0.571. The third-order valence-corrected chi connectivity index (χ3v) is 7.59. The van der Waals surface area contributed by atoms with E-state index in [4.69, 9.17) is 0 Å². The smallest absolute Gasteiger partial charge is 0.294 e. The maximum absolute atomic E-state index is 14.0. The molecule has 1 atom stereocenters. The van der Waals surface area contributed by atoms with Gasteiger partial charge in [-0.05, 0) is 86.0 Å². The van der Waals surface area contributed by atoms with Crippen LogP contribution < -0.4 is 21.5 Å². The standard InChI is InChI=1S/C34H36FN5O4/c1-19(2)24-14-22(15-25(16-24)30(41)23-10-12-26(35)13-11-23)18-40-29(27-8-7-9-28(20(27)3)33(43)37-6)17-38-31(34(40)44)39-32(42)21(4)36-5/h7-17,19,21,36H,18H2,1-6H3,(H,37,43)(H,38,39,42)/t21-/m0/s1. The van der Waals surface area contributed by atoms with Crippen LogP contribution in [0.3, 0.4) is 0 Å². The van der Waals surface area contributed by atoms with Gasteiger partial charge in [-0.15, -0.1) is 0 Å². The number of amides is 2. The van der Waals surface area contributed by atoms with E-state index in [0.717, 1.165) is 5.56 Å². The second-order valence-electron chi connectivity index (χ2n) is 10.9. The molecule has 0 aliphatic rings. The van der Waals surface area contributed by atoms with E-state index in [1.54, 1.807) is 58.3 Å². The van der Waals surface area contributed by atoms with Crippen LogP contribution in [0, 0.1) is 12.7 Å². The minimum absolute atomic E-state index is 0.0367. The lowest BCUT2D eigenvalue weighted by molar-refractivity contribution is -0.117. The highest BCUT2D eigenvalue weighted by molar-refractivity contribution is 6.09. The van der Waals surface area contributed by atoms with Crippen LogP contribution in [0.15, 0.2) is 71.7 Å². The van der Waals surface area contributed by atoms with Gasteiger partial charge in [-0.2, -0.15) is 0 Å². The Hall–Kier alpha value is -4.96. The first kappa shape index (κ1) is 32.0. The molecule has 3 aromatic carbocycles. The Kier molecular flexibility index (Phi) is 9.85. The average molecular weight is 598 g/mol. The lowest BCUT2D eigenvalue weighted by Crippen LogP contribution is -2.38. The zero-order valence-electron chi connectivity index (χ0n) is 25.6. The average Bonchev–Trinajstić information content (AvgIpc) is 3.02. The Labute approximate surface area is 255 Å².